The van der Waals surface area contributed by atoms with Crippen molar-refractivity contribution in [2.24, 2.45) is 7.05 Å². The standard InChI is InChI=1S/C21H19ClN4O2/c1-26-18-6-3-2-5-17(18)25-19(26)7-4-10-23-21(28)15-12-24-16-9-8-13(22)11-14(16)20(15)27/h2-3,5-6,8-9,11-12H,4,7,10H2,1H3,(H,23,28)(H,24,27). The first-order chi connectivity index (χ1) is 13.5. The van der Waals surface area contributed by atoms with Crippen LogP contribution in [0.1, 0.15) is 22.6 Å². The minimum Gasteiger partial charge on any atom is -0.360 e. The molecule has 0 aliphatic heterocycles. The number of aromatic amines is 1. The largest absolute Gasteiger partial charge is 0.360 e. The number of carbonyl (C=O) groups is 1. The Morgan fingerprint density at radius 2 is 2.07 bits per heavy atom. The van der Waals surface area contributed by atoms with E-state index in [0.717, 1.165) is 29.7 Å². The number of aryl methyl sites for hydroxylation is 2. The molecule has 2 aromatic heterocycles. The number of halogens is 1. The van der Waals surface area contributed by atoms with Gasteiger partial charge < -0.3 is 14.9 Å². The molecule has 2 heterocycles. The molecular formula is C21H19ClN4O2. The fourth-order valence-electron chi connectivity index (χ4n) is 3.32. The molecular weight excluding hydrogens is 376 g/mol. The van der Waals surface area contributed by atoms with Gasteiger partial charge in [0.25, 0.3) is 5.91 Å². The molecule has 0 saturated heterocycles. The number of benzene rings is 2. The number of rotatable bonds is 5. The van der Waals surface area contributed by atoms with E-state index in [0.29, 0.717) is 22.5 Å². The van der Waals surface area contributed by atoms with Gasteiger partial charge in [-0.1, -0.05) is 23.7 Å². The van der Waals surface area contributed by atoms with Crippen molar-refractivity contribution in [3.05, 3.63) is 75.3 Å². The molecule has 0 atom stereocenters. The van der Waals surface area contributed by atoms with Crippen LogP contribution in [0.5, 0.6) is 0 Å². The zero-order valence-corrected chi connectivity index (χ0v) is 16.1. The molecule has 0 aliphatic rings. The molecule has 4 rings (SSSR count). The van der Waals surface area contributed by atoms with E-state index in [9.17, 15) is 9.59 Å². The summed E-state index contributed by atoms with van der Waals surface area (Å²) in [5.41, 5.74) is 2.45. The summed E-state index contributed by atoms with van der Waals surface area (Å²) >= 11 is 5.96. The van der Waals surface area contributed by atoms with E-state index in [1.54, 1.807) is 18.2 Å². The summed E-state index contributed by atoms with van der Waals surface area (Å²) in [4.78, 5) is 32.6. The van der Waals surface area contributed by atoms with E-state index in [1.807, 2.05) is 31.3 Å². The topological polar surface area (TPSA) is 79.8 Å². The maximum atomic E-state index is 12.6. The molecule has 0 spiro atoms. The van der Waals surface area contributed by atoms with Crippen LogP contribution in [-0.2, 0) is 13.5 Å². The highest BCUT2D eigenvalue weighted by molar-refractivity contribution is 6.31. The van der Waals surface area contributed by atoms with Crippen molar-refractivity contribution in [1.82, 2.24) is 19.9 Å². The Morgan fingerprint density at radius 3 is 2.89 bits per heavy atom. The van der Waals surface area contributed by atoms with Crippen LogP contribution in [0.2, 0.25) is 5.02 Å². The average molecular weight is 395 g/mol. The van der Waals surface area contributed by atoms with Gasteiger partial charge in [0.15, 0.2) is 0 Å². The molecule has 0 saturated carbocycles. The van der Waals surface area contributed by atoms with Gasteiger partial charge in [0.2, 0.25) is 5.43 Å². The summed E-state index contributed by atoms with van der Waals surface area (Å²) in [6.45, 7) is 0.453. The molecule has 0 aliphatic carbocycles. The quantitative estimate of drug-likeness (QED) is 0.509. The molecule has 0 unspecified atom stereocenters. The fraction of sp³-hybridized carbons (Fsp3) is 0.190. The maximum absolute atomic E-state index is 12.6. The zero-order valence-electron chi connectivity index (χ0n) is 15.3. The van der Waals surface area contributed by atoms with E-state index in [1.165, 1.54) is 6.20 Å². The highest BCUT2D eigenvalue weighted by Gasteiger charge is 2.13. The number of amides is 1. The SMILES string of the molecule is Cn1c(CCCNC(=O)c2c[nH]c3ccc(Cl)cc3c2=O)nc2ccccc21. The Kier molecular flexibility index (Phi) is 4.88. The number of para-hydroxylation sites is 2. The van der Waals surface area contributed by atoms with Crippen LogP contribution in [-0.4, -0.2) is 27.0 Å². The number of hydrogen-bond acceptors (Lipinski definition) is 3. The summed E-state index contributed by atoms with van der Waals surface area (Å²) in [7, 11) is 1.99. The monoisotopic (exact) mass is 394 g/mol. The summed E-state index contributed by atoms with van der Waals surface area (Å²) in [6.07, 6.45) is 2.90. The average Bonchev–Trinajstić information content (AvgIpc) is 3.02. The molecule has 142 valence electrons. The van der Waals surface area contributed by atoms with Gasteiger partial charge in [-0.3, -0.25) is 9.59 Å². The van der Waals surface area contributed by atoms with Crippen LogP contribution in [0.25, 0.3) is 21.9 Å². The number of nitrogens with zero attached hydrogens (tertiary/aromatic N) is 2. The summed E-state index contributed by atoms with van der Waals surface area (Å²) in [5.74, 6) is 0.571. The number of fused-ring (bicyclic) bond motifs is 2. The lowest BCUT2D eigenvalue weighted by Gasteiger charge is -2.06. The van der Waals surface area contributed by atoms with Gasteiger partial charge in [0, 0.05) is 42.1 Å². The van der Waals surface area contributed by atoms with E-state index >= 15 is 0 Å². The van der Waals surface area contributed by atoms with Gasteiger partial charge in [0.05, 0.1) is 11.0 Å². The molecule has 0 fully saturated rings. The predicted octanol–water partition coefficient (Wildman–Crippen LogP) is 3.43. The van der Waals surface area contributed by atoms with Gasteiger partial charge in [-0.2, -0.15) is 0 Å². The molecule has 2 N–H and O–H groups in total. The number of imidazole rings is 1. The summed E-state index contributed by atoms with van der Waals surface area (Å²) < 4.78 is 2.06. The Hall–Kier alpha value is -3.12. The normalized spacial score (nSPS) is 11.2. The highest BCUT2D eigenvalue weighted by Crippen LogP contribution is 2.16. The van der Waals surface area contributed by atoms with Crippen molar-refractivity contribution in [1.29, 1.82) is 0 Å². The third-order valence-corrected chi connectivity index (χ3v) is 5.07. The first kappa shape index (κ1) is 18.3. The number of hydrogen-bond donors (Lipinski definition) is 2. The fourth-order valence-corrected chi connectivity index (χ4v) is 3.49. The molecule has 6 nitrogen and oxygen atoms in total. The first-order valence-electron chi connectivity index (χ1n) is 9.04. The van der Waals surface area contributed by atoms with Gasteiger partial charge >= 0.3 is 0 Å². The Bertz CT molecular complexity index is 1240. The molecule has 28 heavy (non-hydrogen) atoms. The van der Waals surface area contributed by atoms with Crippen molar-refractivity contribution in [2.45, 2.75) is 12.8 Å². The van der Waals surface area contributed by atoms with Crippen LogP contribution >= 0.6 is 11.6 Å². The van der Waals surface area contributed by atoms with Crippen molar-refractivity contribution in [2.75, 3.05) is 6.54 Å². The number of aromatic nitrogens is 3. The van der Waals surface area contributed by atoms with Gasteiger partial charge in [0.1, 0.15) is 11.4 Å². The van der Waals surface area contributed by atoms with Crippen molar-refractivity contribution in [3.8, 4) is 0 Å². The zero-order chi connectivity index (χ0) is 19.7. The van der Waals surface area contributed by atoms with E-state index in [2.05, 4.69) is 19.9 Å². The van der Waals surface area contributed by atoms with Crippen LogP contribution in [0.15, 0.2) is 53.5 Å². The second-order valence-electron chi connectivity index (χ2n) is 6.66. The van der Waals surface area contributed by atoms with Crippen molar-refractivity contribution < 1.29 is 4.79 Å². The van der Waals surface area contributed by atoms with Crippen molar-refractivity contribution >= 4 is 39.4 Å². The lowest BCUT2D eigenvalue weighted by molar-refractivity contribution is 0.0952. The Balaban J connectivity index is 1.42. The van der Waals surface area contributed by atoms with Gasteiger partial charge in [-0.05, 0) is 36.8 Å². The number of carbonyl (C=O) groups excluding carboxylic acids is 1. The van der Waals surface area contributed by atoms with E-state index < -0.39 is 5.91 Å². The Labute approximate surface area is 166 Å². The lowest BCUT2D eigenvalue weighted by Crippen LogP contribution is -2.30. The van der Waals surface area contributed by atoms with Crippen molar-refractivity contribution in [3.63, 3.8) is 0 Å². The van der Waals surface area contributed by atoms with Crippen LogP contribution in [0.3, 0.4) is 0 Å². The minimum absolute atomic E-state index is 0.0810. The van der Waals surface area contributed by atoms with E-state index in [4.69, 9.17) is 11.6 Å². The summed E-state index contributed by atoms with van der Waals surface area (Å²) in [6, 6.07) is 13.0. The molecule has 1 amide bonds. The minimum atomic E-state index is -0.395. The predicted molar refractivity (Wildman–Crippen MR) is 111 cm³/mol. The Morgan fingerprint density at radius 1 is 1.25 bits per heavy atom. The molecule has 2 aromatic carbocycles. The number of nitrogens with one attached hydrogen (secondary N) is 2. The lowest BCUT2D eigenvalue weighted by atomic mass is 10.1. The highest BCUT2D eigenvalue weighted by atomic mass is 35.5. The molecule has 7 heteroatoms. The van der Waals surface area contributed by atoms with Crippen LogP contribution < -0.4 is 10.7 Å². The second-order valence-corrected chi connectivity index (χ2v) is 7.09. The molecule has 0 radical (unpaired) electrons. The number of H-pyrrole nitrogens is 1. The van der Waals surface area contributed by atoms with Gasteiger partial charge in [-0.25, -0.2) is 4.98 Å². The number of pyridine rings is 1. The first-order valence-corrected chi connectivity index (χ1v) is 9.42. The van der Waals surface area contributed by atoms with Crippen LogP contribution in [0.4, 0.5) is 0 Å². The van der Waals surface area contributed by atoms with Gasteiger partial charge in [-0.15, -0.1) is 0 Å². The van der Waals surface area contributed by atoms with E-state index in [-0.39, 0.29) is 11.0 Å². The molecule has 0 bridgehead atoms. The third-order valence-electron chi connectivity index (χ3n) is 4.83. The van der Waals surface area contributed by atoms with Crippen LogP contribution in [0, 0.1) is 0 Å². The smallest absolute Gasteiger partial charge is 0.256 e. The second kappa shape index (κ2) is 7.48. The maximum Gasteiger partial charge on any atom is 0.256 e. The molecule has 4 aromatic rings. The third kappa shape index (κ3) is 3.39. The summed E-state index contributed by atoms with van der Waals surface area (Å²) in [5, 5.41) is 3.67.